The number of hydrogen-bond donors (Lipinski definition) is 0. The van der Waals surface area contributed by atoms with Crippen molar-refractivity contribution in [3.05, 3.63) is 82.4 Å². The number of hydrogen-bond acceptors (Lipinski definition) is 2. The Hall–Kier alpha value is -2.86. The molecule has 3 nitrogen and oxygen atoms in total. The molecule has 2 aromatic carbocycles. The van der Waals surface area contributed by atoms with Gasteiger partial charge in [-0.3, -0.25) is 9.59 Å². The number of carbonyl (C=O) groups excluding carboxylic acids is 2. The van der Waals surface area contributed by atoms with Gasteiger partial charge in [0.25, 0.3) is 0 Å². The van der Waals surface area contributed by atoms with Crippen LogP contribution in [0.2, 0.25) is 5.02 Å². The lowest BCUT2D eigenvalue weighted by molar-refractivity contribution is -0.137. The van der Waals surface area contributed by atoms with E-state index in [1.807, 2.05) is 49.4 Å². The zero-order valence-corrected chi connectivity index (χ0v) is 17.1. The molecule has 0 unspecified atom stereocenters. The molecule has 0 radical (unpaired) electrons. The van der Waals surface area contributed by atoms with E-state index in [0.29, 0.717) is 0 Å². The molecule has 1 heterocycles. The van der Waals surface area contributed by atoms with E-state index in [-0.39, 0.29) is 17.5 Å². The van der Waals surface area contributed by atoms with Crippen molar-refractivity contribution >= 4 is 34.7 Å². The first-order valence-corrected chi connectivity index (χ1v) is 10.3. The Morgan fingerprint density at radius 3 is 2.06 bits per heavy atom. The highest BCUT2D eigenvalue weighted by Crippen LogP contribution is 2.58. The number of carbonyl (C=O) groups is 2. The molecule has 2 amide bonds. The van der Waals surface area contributed by atoms with Gasteiger partial charge in [-0.05, 0) is 36.3 Å². The third kappa shape index (κ3) is 2.88. The minimum Gasteiger partial charge on any atom is -0.274 e. The number of allylic oxidation sites excluding steroid dienone is 4. The topological polar surface area (TPSA) is 37.4 Å². The Balaban J connectivity index is 1.54. The maximum absolute atomic E-state index is 13.3. The quantitative estimate of drug-likeness (QED) is 0.437. The van der Waals surface area contributed by atoms with Crippen molar-refractivity contribution in [1.29, 1.82) is 0 Å². The highest BCUT2D eigenvalue weighted by atomic mass is 35.5. The fraction of sp³-hybridized carbons (Fsp3) is 0.250. The minimum absolute atomic E-state index is 0.0918. The molecule has 1 aliphatic heterocycles. The van der Waals surface area contributed by atoms with Gasteiger partial charge in [0, 0.05) is 11.8 Å². The van der Waals surface area contributed by atoms with E-state index in [9.17, 15) is 22.8 Å². The number of imide groups is 1. The van der Waals surface area contributed by atoms with Gasteiger partial charge in [-0.25, -0.2) is 4.90 Å². The van der Waals surface area contributed by atoms with Crippen molar-refractivity contribution in [2.75, 3.05) is 4.90 Å². The summed E-state index contributed by atoms with van der Waals surface area (Å²) in [5, 5.41) is -0.471. The van der Waals surface area contributed by atoms with Crippen LogP contribution in [0.4, 0.5) is 18.9 Å². The number of anilines is 1. The Bertz CT molecular complexity index is 1140. The average Bonchev–Trinajstić information content (AvgIpc) is 3.37. The van der Waals surface area contributed by atoms with Gasteiger partial charge in [-0.2, -0.15) is 13.2 Å². The first-order valence-electron chi connectivity index (χ1n) is 9.89. The zero-order chi connectivity index (χ0) is 22.1. The largest absolute Gasteiger partial charge is 0.417 e. The highest BCUT2D eigenvalue weighted by Gasteiger charge is 2.62. The molecule has 0 aromatic heterocycles. The summed E-state index contributed by atoms with van der Waals surface area (Å²) in [5.74, 6) is -2.57. The van der Waals surface area contributed by atoms with Gasteiger partial charge in [0.2, 0.25) is 11.8 Å². The molecule has 31 heavy (non-hydrogen) atoms. The first-order chi connectivity index (χ1) is 14.7. The second-order valence-corrected chi connectivity index (χ2v) is 8.52. The molecule has 1 saturated carbocycles. The van der Waals surface area contributed by atoms with Crippen molar-refractivity contribution < 1.29 is 22.8 Å². The number of alkyl halides is 3. The molecular weight excluding hydrogens is 427 g/mol. The summed E-state index contributed by atoms with van der Waals surface area (Å²) in [6, 6.07) is 12.9. The smallest absolute Gasteiger partial charge is 0.274 e. The van der Waals surface area contributed by atoms with E-state index in [2.05, 4.69) is 0 Å². The third-order valence-corrected chi connectivity index (χ3v) is 6.90. The Kier molecular flexibility index (Phi) is 4.42. The van der Waals surface area contributed by atoms with E-state index < -0.39 is 40.4 Å². The summed E-state index contributed by atoms with van der Waals surface area (Å²) in [5.41, 5.74) is 1.96. The second kappa shape index (κ2) is 6.82. The number of halogens is 4. The van der Waals surface area contributed by atoms with Crippen molar-refractivity contribution in [1.82, 2.24) is 0 Å². The van der Waals surface area contributed by atoms with Gasteiger partial charge in [0.05, 0.1) is 28.1 Å². The van der Waals surface area contributed by atoms with Crippen LogP contribution >= 0.6 is 11.6 Å². The van der Waals surface area contributed by atoms with Crippen molar-refractivity contribution in [3.8, 4) is 0 Å². The number of rotatable bonds is 2. The molecule has 4 atom stereocenters. The molecule has 2 aliphatic carbocycles. The van der Waals surface area contributed by atoms with E-state index in [1.54, 1.807) is 0 Å². The van der Waals surface area contributed by atoms with Gasteiger partial charge in [0.1, 0.15) is 0 Å². The van der Waals surface area contributed by atoms with Crippen LogP contribution in [0.3, 0.4) is 0 Å². The van der Waals surface area contributed by atoms with Crippen molar-refractivity contribution in [2.24, 2.45) is 23.7 Å². The Labute approximate surface area is 181 Å². The zero-order valence-electron chi connectivity index (χ0n) is 16.4. The van der Waals surface area contributed by atoms with E-state index in [4.69, 9.17) is 11.6 Å². The third-order valence-electron chi connectivity index (χ3n) is 6.57. The fourth-order valence-electron chi connectivity index (χ4n) is 5.24. The maximum atomic E-state index is 13.3. The minimum atomic E-state index is -4.68. The van der Waals surface area contributed by atoms with Crippen LogP contribution in [0, 0.1) is 23.7 Å². The summed E-state index contributed by atoms with van der Waals surface area (Å²) in [4.78, 5) is 27.5. The second-order valence-electron chi connectivity index (χ2n) is 8.11. The average molecular weight is 444 g/mol. The van der Waals surface area contributed by atoms with Gasteiger partial charge < -0.3 is 0 Å². The summed E-state index contributed by atoms with van der Waals surface area (Å²) < 4.78 is 39.9. The van der Waals surface area contributed by atoms with Crippen LogP contribution in [0.5, 0.6) is 0 Å². The SMILES string of the molecule is CC(=C1[C@H]2C=C[C@H]1[C@H]1C(=O)N(c3ccc(Cl)c(C(F)(F)F)c3)C(=O)[C@@H]12)c1ccccc1. The van der Waals surface area contributed by atoms with Crippen molar-refractivity contribution in [3.63, 3.8) is 0 Å². The summed E-state index contributed by atoms with van der Waals surface area (Å²) in [6.07, 6.45) is -0.783. The number of benzene rings is 2. The van der Waals surface area contributed by atoms with Crippen LogP contribution in [0.15, 0.2) is 66.3 Å². The highest BCUT2D eigenvalue weighted by molar-refractivity contribution is 6.31. The Morgan fingerprint density at radius 2 is 1.52 bits per heavy atom. The molecule has 0 spiro atoms. The lowest BCUT2D eigenvalue weighted by atomic mass is 9.85. The predicted molar refractivity (Wildman–Crippen MR) is 111 cm³/mol. The molecule has 3 aliphatic rings. The fourth-order valence-corrected chi connectivity index (χ4v) is 5.47. The molecule has 158 valence electrons. The van der Waals surface area contributed by atoms with Crippen molar-refractivity contribution in [2.45, 2.75) is 13.1 Å². The lowest BCUT2D eigenvalue weighted by Crippen LogP contribution is -2.33. The van der Waals surface area contributed by atoms with Crippen LogP contribution in [-0.4, -0.2) is 11.8 Å². The monoisotopic (exact) mass is 443 g/mol. The van der Waals surface area contributed by atoms with Gasteiger partial charge in [-0.15, -0.1) is 0 Å². The van der Waals surface area contributed by atoms with E-state index in [0.717, 1.165) is 33.7 Å². The molecule has 2 fully saturated rings. The number of nitrogens with zero attached hydrogens (tertiary/aromatic N) is 1. The molecular formula is C24H17ClF3NO2. The van der Waals surface area contributed by atoms with Crippen LogP contribution in [0.1, 0.15) is 18.1 Å². The predicted octanol–water partition coefficient (Wildman–Crippen LogP) is 5.75. The molecule has 0 N–H and O–H groups in total. The molecule has 1 saturated heterocycles. The molecule has 2 aromatic rings. The van der Waals surface area contributed by atoms with Gasteiger partial charge in [-0.1, -0.05) is 59.7 Å². The maximum Gasteiger partial charge on any atom is 0.417 e. The number of fused-ring (bicyclic) bond motifs is 5. The van der Waals surface area contributed by atoms with Crippen LogP contribution < -0.4 is 4.90 Å². The molecule has 2 bridgehead atoms. The van der Waals surface area contributed by atoms with Crippen LogP contribution in [0.25, 0.3) is 5.57 Å². The van der Waals surface area contributed by atoms with Gasteiger partial charge in [0.15, 0.2) is 0 Å². The Morgan fingerprint density at radius 1 is 0.935 bits per heavy atom. The van der Waals surface area contributed by atoms with E-state index >= 15 is 0 Å². The standard InChI is InChI=1S/C24H17ClF3NO2/c1-12(13-5-3-2-4-6-13)19-15-8-9-16(19)21-20(15)22(30)29(23(21)31)14-7-10-18(25)17(11-14)24(26,27)28/h2-11,15-16,20-21H,1H3/t15-,16-,20-,21-/m1/s1. The first kappa shape index (κ1) is 20.1. The molecule has 5 rings (SSSR count). The summed E-state index contributed by atoms with van der Waals surface area (Å²) in [6.45, 7) is 1.99. The molecule has 7 heteroatoms. The normalized spacial score (nSPS) is 26.7. The van der Waals surface area contributed by atoms with Crippen LogP contribution in [-0.2, 0) is 15.8 Å². The summed E-state index contributed by atoms with van der Waals surface area (Å²) >= 11 is 5.70. The number of amides is 2. The van der Waals surface area contributed by atoms with Gasteiger partial charge >= 0.3 is 6.18 Å². The van der Waals surface area contributed by atoms with E-state index in [1.165, 1.54) is 6.07 Å². The lowest BCUT2D eigenvalue weighted by Gasteiger charge is -2.21. The summed E-state index contributed by atoms with van der Waals surface area (Å²) in [7, 11) is 0.